The number of amides is 2. The number of likely N-dealkylation sites (tertiary alicyclic amines) is 2. The summed E-state index contributed by atoms with van der Waals surface area (Å²) < 4.78 is 6.47. The lowest BCUT2D eigenvalue weighted by Gasteiger charge is -2.46. The number of hydrogen-bond acceptors (Lipinski definition) is 5. The highest BCUT2D eigenvalue weighted by molar-refractivity contribution is 5.94. The molecule has 2 saturated heterocycles. The number of piperidine rings is 1. The first kappa shape index (κ1) is 19.6. The van der Waals surface area contributed by atoms with Gasteiger partial charge in [0, 0.05) is 46.0 Å². The molecule has 0 aromatic carbocycles. The van der Waals surface area contributed by atoms with Crippen LogP contribution in [-0.4, -0.2) is 78.2 Å². The highest BCUT2D eigenvalue weighted by Gasteiger charge is 2.39. The molecule has 1 aromatic heterocycles. The number of ether oxygens (including phenoxy) is 1. The molecule has 0 radical (unpaired) electrons. The zero-order chi connectivity index (χ0) is 19.4. The van der Waals surface area contributed by atoms with E-state index in [1.165, 1.54) is 4.57 Å². The van der Waals surface area contributed by atoms with Gasteiger partial charge in [-0.25, -0.2) is 0 Å². The van der Waals surface area contributed by atoms with Gasteiger partial charge in [0.25, 0.3) is 11.5 Å². The van der Waals surface area contributed by atoms with Crippen molar-refractivity contribution >= 4 is 11.8 Å². The maximum absolute atomic E-state index is 12.5. The zero-order valence-electron chi connectivity index (χ0n) is 16.0. The highest BCUT2D eigenvalue weighted by Crippen LogP contribution is 2.22. The van der Waals surface area contributed by atoms with E-state index in [0.29, 0.717) is 26.2 Å². The number of carbonyl (C=O) groups excluding carboxylic acids is 2. The Morgan fingerprint density at radius 3 is 2.81 bits per heavy atom. The summed E-state index contributed by atoms with van der Waals surface area (Å²) in [7, 11) is 1.57. The Kier molecular flexibility index (Phi) is 6.28. The van der Waals surface area contributed by atoms with Crippen LogP contribution in [0, 0.1) is 0 Å². The minimum absolute atomic E-state index is 0.0330. The van der Waals surface area contributed by atoms with Gasteiger partial charge < -0.3 is 19.5 Å². The Hall–Kier alpha value is -2.19. The van der Waals surface area contributed by atoms with Crippen LogP contribution >= 0.6 is 0 Å². The third-order valence-electron chi connectivity index (χ3n) is 5.37. The van der Waals surface area contributed by atoms with Crippen LogP contribution in [0.2, 0.25) is 0 Å². The molecule has 2 fully saturated rings. The van der Waals surface area contributed by atoms with Crippen molar-refractivity contribution < 1.29 is 14.3 Å². The molecule has 1 atom stereocenters. The summed E-state index contributed by atoms with van der Waals surface area (Å²) >= 11 is 0. The first-order valence-corrected chi connectivity index (χ1v) is 9.57. The van der Waals surface area contributed by atoms with Gasteiger partial charge in [-0.05, 0) is 31.9 Å². The lowest BCUT2D eigenvalue weighted by Crippen LogP contribution is -2.66. The van der Waals surface area contributed by atoms with Crippen molar-refractivity contribution in [3.63, 3.8) is 0 Å². The molecule has 0 spiro atoms. The first-order valence-electron chi connectivity index (χ1n) is 9.57. The van der Waals surface area contributed by atoms with Crippen LogP contribution < -0.4 is 10.9 Å². The predicted molar refractivity (Wildman–Crippen MR) is 101 cm³/mol. The fraction of sp³-hybridized carbons (Fsp3) is 0.632. The molecule has 3 rings (SSSR count). The Morgan fingerprint density at radius 2 is 2.11 bits per heavy atom. The minimum atomic E-state index is -0.360. The van der Waals surface area contributed by atoms with E-state index in [-0.39, 0.29) is 35.0 Å². The van der Waals surface area contributed by atoms with E-state index in [9.17, 15) is 14.4 Å². The lowest BCUT2D eigenvalue weighted by atomic mass is 9.97. The lowest BCUT2D eigenvalue weighted by molar-refractivity contribution is -0.142. The number of pyridine rings is 1. The summed E-state index contributed by atoms with van der Waals surface area (Å²) in [6.07, 6.45) is 3.54. The van der Waals surface area contributed by atoms with Gasteiger partial charge in [0.05, 0.1) is 18.7 Å². The molecule has 2 amide bonds. The van der Waals surface area contributed by atoms with Crippen LogP contribution in [0.15, 0.2) is 23.1 Å². The second-order valence-corrected chi connectivity index (χ2v) is 7.11. The molecule has 8 nitrogen and oxygen atoms in total. The Bertz CT molecular complexity index is 741. The summed E-state index contributed by atoms with van der Waals surface area (Å²) in [6.45, 7) is 5.68. The van der Waals surface area contributed by atoms with Gasteiger partial charge in [0.2, 0.25) is 5.91 Å². The van der Waals surface area contributed by atoms with Crippen molar-refractivity contribution in [1.29, 1.82) is 0 Å². The second-order valence-electron chi connectivity index (χ2n) is 7.11. The van der Waals surface area contributed by atoms with Gasteiger partial charge in [-0.3, -0.25) is 19.3 Å². The molecule has 1 N–H and O–H groups in total. The molecule has 0 bridgehead atoms. The number of likely N-dealkylation sites (N-methyl/N-ethyl adjacent to an activating group) is 1. The van der Waals surface area contributed by atoms with Crippen LogP contribution in [0.4, 0.5) is 0 Å². The van der Waals surface area contributed by atoms with Crippen molar-refractivity contribution in [3.8, 4) is 0 Å². The van der Waals surface area contributed by atoms with Gasteiger partial charge in [-0.2, -0.15) is 0 Å². The Balaban J connectivity index is 1.55. The molecule has 2 aliphatic heterocycles. The molecule has 1 aromatic rings. The molecule has 3 heterocycles. The van der Waals surface area contributed by atoms with Gasteiger partial charge in [-0.1, -0.05) is 0 Å². The molecule has 1 unspecified atom stereocenters. The monoisotopic (exact) mass is 376 g/mol. The van der Waals surface area contributed by atoms with Crippen molar-refractivity contribution in [3.05, 3.63) is 34.2 Å². The van der Waals surface area contributed by atoms with E-state index >= 15 is 0 Å². The average Bonchev–Trinajstić information content (AvgIpc) is 2.64. The summed E-state index contributed by atoms with van der Waals surface area (Å²) in [5, 5.41) is 2.92. The van der Waals surface area contributed by atoms with Crippen LogP contribution in [0.5, 0.6) is 0 Å². The Morgan fingerprint density at radius 1 is 1.33 bits per heavy atom. The summed E-state index contributed by atoms with van der Waals surface area (Å²) in [6, 6.07) is 3.13. The topological polar surface area (TPSA) is 83.9 Å². The molecular weight excluding hydrogens is 348 g/mol. The van der Waals surface area contributed by atoms with Crippen LogP contribution in [-0.2, 0) is 16.1 Å². The smallest absolute Gasteiger partial charge is 0.263 e. The number of methoxy groups -OCH3 is 1. The van der Waals surface area contributed by atoms with Crippen molar-refractivity contribution in [1.82, 2.24) is 19.7 Å². The third-order valence-corrected chi connectivity index (χ3v) is 5.37. The van der Waals surface area contributed by atoms with Crippen molar-refractivity contribution in [2.75, 3.05) is 39.9 Å². The third kappa shape index (κ3) is 4.22. The molecule has 8 heteroatoms. The van der Waals surface area contributed by atoms with E-state index in [1.807, 2.05) is 11.8 Å². The summed E-state index contributed by atoms with van der Waals surface area (Å²) in [5.41, 5.74) is -0.178. The minimum Gasteiger partial charge on any atom is -0.383 e. The SMILES string of the molecule is CCN1CCCC(N2CC(NC(=O)c3cccn(CCOC)c3=O)C2)C1=O. The van der Waals surface area contributed by atoms with Crippen LogP contribution in [0.1, 0.15) is 30.1 Å². The van der Waals surface area contributed by atoms with Crippen molar-refractivity contribution in [2.45, 2.75) is 38.4 Å². The number of rotatable bonds is 7. The van der Waals surface area contributed by atoms with Crippen LogP contribution in [0.25, 0.3) is 0 Å². The van der Waals surface area contributed by atoms with Crippen molar-refractivity contribution in [2.24, 2.45) is 0 Å². The molecule has 0 saturated carbocycles. The van der Waals surface area contributed by atoms with E-state index < -0.39 is 0 Å². The number of nitrogens with zero attached hydrogens (tertiary/aromatic N) is 3. The van der Waals surface area contributed by atoms with Gasteiger partial charge in [0.1, 0.15) is 5.56 Å². The standard InChI is InChI=1S/C19H28N4O4/c1-3-21-8-5-7-16(19(21)26)23-12-14(13-23)20-17(24)15-6-4-9-22(18(15)25)10-11-27-2/h4,6,9,14,16H,3,5,7-8,10-13H2,1-2H3,(H,20,24). The Labute approximate surface area is 159 Å². The number of aromatic nitrogens is 1. The summed E-state index contributed by atoms with van der Waals surface area (Å²) in [5.74, 6) is -0.167. The van der Waals surface area contributed by atoms with Gasteiger partial charge in [0.15, 0.2) is 0 Å². The molecule has 27 heavy (non-hydrogen) atoms. The van der Waals surface area contributed by atoms with Gasteiger partial charge >= 0.3 is 0 Å². The largest absolute Gasteiger partial charge is 0.383 e. The fourth-order valence-electron chi connectivity index (χ4n) is 3.77. The highest BCUT2D eigenvalue weighted by atomic mass is 16.5. The van der Waals surface area contributed by atoms with Gasteiger partial charge in [-0.15, -0.1) is 0 Å². The zero-order valence-corrected chi connectivity index (χ0v) is 16.0. The molecule has 2 aliphatic rings. The predicted octanol–water partition coefficient (Wildman–Crippen LogP) is -0.0804. The van der Waals surface area contributed by atoms with E-state index in [1.54, 1.807) is 25.4 Å². The normalized spacial score (nSPS) is 21.2. The fourth-order valence-corrected chi connectivity index (χ4v) is 3.77. The summed E-state index contributed by atoms with van der Waals surface area (Å²) in [4.78, 5) is 41.4. The molecular formula is C19H28N4O4. The van der Waals surface area contributed by atoms with E-state index in [4.69, 9.17) is 4.74 Å². The first-order chi connectivity index (χ1) is 13.0. The maximum Gasteiger partial charge on any atom is 0.263 e. The number of hydrogen-bond donors (Lipinski definition) is 1. The quantitative estimate of drug-likeness (QED) is 0.720. The maximum atomic E-state index is 12.5. The van der Waals surface area contributed by atoms with Crippen LogP contribution in [0.3, 0.4) is 0 Å². The molecule has 148 valence electrons. The molecule has 0 aliphatic carbocycles. The number of nitrogens with one attached hydrogen (secondary N) is 1. The van der Waals surface area contributed by atoms with E-state index in [0.717, 1.165) is 25.9 Å². The average molecular weight is 376 g/mol. The number of carbonyl (C=O) groups is 2. The second kappa shape index (κ2) is 8.67. The van der Waals surface area contributed by atoms with E-state index in [2.05, 4.69) is 10.2 Å².